The summed E-state index contributed by atoms with van der Waals surface area (Å²) in [6.45, 7) is 4.00. The van der Waals surface area contributed by atoms with Crippen LogP contribution in [0.4, 0.5) is 17.5 Å². The van der Waals surface area contributed by atoms with Gasteiger partial charge in [-0.3, -0.25) is 0 Å². The third-order valence-corrected chi connectivity index (χ3v) is 4.71. The minimum absolute atomic E-state index is 0.0473. The smallest absolute Gasteiger partial charge is 0.225 e. The monoisotopic (exact) mass is 376 g/mol. The number of hydrogen-bond donors (Lipinski definition) is 3. The molecule has 5 nitrogen and oxygen atoms in total. The van der Waals surface area contributed by atoms with Gasteiger partial charge in [-0.1, -0.05) is 15.9 Å². The van der Waals surface area contributed by atoms with E-state index in [4.69, 9.17) is 0 Å². The van der Waals surface area contributed by atoms with E-state index in [0.29, 0.717) is 11.9 Å². The molecule has 2 aromatic rings. The minimum atomic E-state index is -0.0766. The Morgan fingerprint density at radius 2 is 2.09 bits per heavy atom. The molecule has 0 spiro atoms. The average molecular weight is 377 g/mol. The lowest BCUT2D eigenvalue weighted by Crippen LogP contribution is -2.21. The molecule has 1 aliphatic rings. The summed E-state index contributed by atoms with van der Waals surface area (Å²) in [5, 5.41) is 15.7. The molecule has 0 amide bonds. The van der Waals surface area contributed by atoms with Gasteiger partial charge in [0, 0.05) is 28.2 Å². The van der Waals surface area contributed by atoms with Crippen LogP contribution in [0, 0.1) is 6.92 Å². The first-order valence-electron chi connectivity index (χ1n) is 7.84. The highest BCUT2D eigenvalue weighted by molar-refractivity contribution is 9.10. The molecule has 6 heteroatoms. The zero-order valence-electron chi connectivity index (χ0n) is 13.3. The SMILES string of the molecule is Cc1cc(Nc2cc(C3CC3)nc(N[C@H](C)CO)n2)ccc1Br. The number of nitrogens with one attached hydrogen (secondary N) is 2. The van der Waals surface area contributed by atoms with Gasteiger partial charge < -0.3 is 15.7 Å². The maximum Gasteiger partial charge on any atom is 0.225 e. The van der Waals surface area contributed by atoms with Crippen molar-refractivity contribution in [1.29, 1.82) is 0 Å². The van der Waals surface area contributed by atoms with E-state index in [-0.39, 0.29) is 12.6 Å². The third-order valence-electron chi connectivity index (χ3n) is 3.82. The number of anilines is 3. The number of aliphatic hydroxyl groups is 1. The Kier molecular flexibility index (Phi) is 4.82. The highest BCUT2D eigenvalue weighted by atomic mass is 79.9. The van der Waals surface area contributed by atoms with Crippen molar-refractivity contribution < 1.29 is 5.11 Å². The Labute approximate surface area is 144 Å². The van der Waals surface area contributed by atoms with Crippen LogP contribution >= 0.6 is 15.9 Å². The second-order valence-electron chi connectivity index (χ2n) is 6.09. The normalized spacial score (nSPS) is 15.3. The number of rotatable bonds is 6. The fourth-order valence-electron chi connectivity index (χ4n) is 2.32. The van der Waals surface area contributed by atoms with Crippen LogP contribution < -0.4 is 10.6 Å². The van der Waals surface area contributed by atoms with E-state index in [9.17, 15) is 5.11 Å². The van der Waals surface area contributed by atoms with E-state index in [1.54, 1.807) is 0 Å². The Morgan fingerprint density at radius 1 is 1.30 bits per heavy atom. The van der Waals surface area contributed by atoms with Crippen molar-refractivity contribution in [2.75, 3.05) is 17.2 Å². The fraction of sp³-hybridized carbons (Fsp3) is 0.412. The summed E-state index contributed by atoms with van der Waals surface area (Å²) in [5.41, 5.74) is 3.22. The molecular weight excluding hydrogens is 356 g/mol. The van der Waals surface area contributed by atoms with E-state index in [1.807, 2.05) is 25.1 Å². The molecule has 3 N–H and O–H groups in total. The van der Waals surface area contributed by atoms with Crippen LogP contribution in [0.25, 0.3) is 0 Å². The molecule has 23 heavy (non-hydrogen) atoms. The molecule has 122 valence electrons. The summed E-state index contributed by atoms with van der Waals surface area (Å²) in [4.78, 5) is 9.10. The van der Waals surface area contributed by atoms with Crippen LogP contribution in [0.3, 0.4) is 0 Å². The van der Waals surface area contributed by atoms with E-state index < -0.39 is 0 Å². The Hall–Kier alpha value is -1.66. The molecule has 1 saturated carbocycles. The van der Waals surface area contributed by atoms with Crippen molar-refractivity contribution >= 4 is 33.4 Å². The van der Waals surface area contributed by atoms with Crippen LogP contribution in [0.15, 0.2) is 28.7 Å². The molecule has 1 fully saturated rings. The number of aliphatic hydroxyl groups excluding tert-OH is 1. The van der Waals surface area contributed by atoms with Crippen molar-refractivity contribution in [3.05, 3.63) is 40.0 Å². The standard InChI is InChI=1S/C17H21BrN4O/c1-10-7-13(5-6-14(10)18)20-16-8-15(12-3-4-12)21-17(22-16)19-11(2)9-23/h5-8,11-12,23H,3-4,9H2,1-2H3,(H2,19,20,21,22)/t11-/m1/s1. The first-order valence-corrected chi connectivity index (χ1v) is 8.64. The van der Waals surface area contributed by atoms with Gasteiger partial charge in [0.05, 0.1) is 12.3 Å². The van der Waals surface area contributed by atoms with E-state index in [1.165, 1.54) is 18.4 Å². The number of benzene rings is 1. The molecule has 3 rings (SSSR count). The summed E-state index contributed by atoms with van der Waals surface area (Å²) in [6.07, 6.45) is 2.37. The molecule has 1 atom stereocenters. The van der Waals surface area contributed by atoms with Gasteiger partial charge in [-0.25, -0.2) is 4.98 Å². The molecule has 0 bridgehead atoms. The minimum Gasteiger partial charge on any atom is -0.394 e. The van der Waals surface area contributed by atoms with E-state index >= 15 is 0 Å². The quantitative estimate of drug-likeness (QED) is 0.711. The highest BCUT2D eigenvalue weighted by Gasteiger charge is 2.26. The zero-order valence-corrected chi connectivity index (χ0v) is 14.9. The molecule has 1 aromatic heterocycles. The molecule has 0 radical (unpaired) electrons. The maximum atomic E-state index is 9.21. The molecule has 1 heterocycles. The van der Waals surface area contributed by atoms with Gasteiger partial charge in [-0.2, -0.15) is 4.98 Å². The van der Waals surface area contributed by atoms with Gasteiger partial charge in [0.15, 0.2) is 0 Å². The number of hydrogen-bond acceptors (Lipinski definition) is 5. The van der Waals surface area contributed by atoms with E-state index in [2.05, 4.69) is 49.5 Å². The van der Waals surface area contributed by atoms with Gasteiger partial charge in [0.25, 0.3) is 0 Å². The largest absolute Gasteiger partial charge is 0.394 e. The Morgan fingerprint density at radius 3 is 2.74 bits per heavy atom. The summed E-state index contributed by atoms with van der Waals surface area (Å²) in [5.74, 6) is 1.87. The second kappa shape index (κ2) is 6.84. The van der Waals surface area contributed by atoms with Crippen molar-refractivity contribution in [2.45, 2.75) is 38.6 Å². The van der Waals surface area contributed by atoms with Crippen molar-refractivity contribution in [3.63, 3.8) is 0 Å². The van der Waals surface area contributed by atoms with Crippen molar-refractivity contribution in [2.24, 2.45) is 0 Å². The second-order valence-corrected chi connectivity index (χ2v) is 6.95. The average Bonchev–Trinajstić information content (AvgIpc) is 3.35. The first-order chi connectivity index (χ1) is 11.0. The molecule has 1 aromatic carbocycles. The van der Waals surface area contributed by atoms with Crippen LogP contribution in [0.1, 0.15) is 36.9 Å². The number of aromatic nitrogens is 2. The highest BCUT2D eigenvalue weighted by Crippen LogP contribution is 2.40. The van der Waals surface area contributed by atoms with Gasteiger partial charge in [-0.15, -0.1) is 0 Å². The maximum absolute atomic E-state index is 9.21. The van der Waals surface area contributed by atoms with Gasteiger partial charge in [0.2, 0.25) is 5.95 Å². The Bertz CT molecular complexity index is 703. The molecule has 1 aliphatic carbocycles. The predicted octanol–water partition coefficient (Wildman–Crippen LogP) is 3.96. The number of halogens is 1. The van der Waals surface area contributed by atoms with Gasteiger partial charge >= 0.3 is 0 Å². The predicted molar refractivity (Wildman–Crippen MR) is 96.3 cm³/mol. The lowest BCUT2D eigenvalue weighted by atomic mass is 10.2. The zero-order chi connectivity index (χ0) is 16.4. The number of aryl methyl sites for hydroxylation is 1. The molecule has 0 saturated heterocycles. The first kappa shape index (κ1) is 16.2. The molecule has 0 unspecified atom stereocenters. The van der Waals surface area contributed by atoms with Crippen LogP contribution in [0.2, 0.25) is 0 Å². The summed E-state index contributed by atoms with van der Waals surface area (Å²) < 4.78 is 1.09. The lowest BCUT2D eigenvalue weighted by molar-refractivity contribution is 0.281. The lowest BCUT2D eigenvalue weighted by Gasteiger charge is -2.14. The number of nitrogens with zero attached hydrogens (tertiary/aromatic N) is 2. The molecular formula is C17H21BrN4O. The molecule has 0 aliphatic heterocycles. The van der Waals surface area contributed by atoms with Gasteiger partial charge in [0.1, 0.15) is 5.82 Å². The van der Waals surface area contributed by atoms with Gasteiger partial charge in [-0.05, 0) is 50.5 Å². The van der Waals surface area contributed by atoms with Crippen molar-refractivity contribution in [3.8, 4) is 0 Å². The van der Waals surface area contributed by atoms with E-state index in [0.717, 1.165) is 21.7 Å². The van der Waals surface area contributed by atoms with Crippen molar-refractivity contribution in [1.82, 2.24) is 9.97 Å². The Balaban J connectivity index is 1.86. The topological polar surface area (TPSA) is 70.1 Å². The van der Waals surface area contributed by atoms with Crippen LogP contribution in [-0.4, -0.2) is 27.7 Å². The van der Waals surface area contributed by atoms with Crippen LogP contribution in [0.5, 0.6) is 0 Å². The van der Waals surface area contributed by atoms with Crippen LogP contribution in [-0.2, 0) is 0 Å². The summed E-state index contributed by atoms with van der Waals surface area (Å²) >= 11 is 3.51. The fourth-order valence-corrected chi connectivity index (χ4v) is 2.57. The third kappa shape index (κ3) is 4.20. The summed E-state index contributed by atoms with van der Waals surface area (Å²) in [6, 6.07) is 8.05. The summed E-state index contributed by atoms with van der Waals surface area (Å²) in [7, 11) is 0.